The molecule has 0 radical (unpaired) electrons. The van der Waals surface area contributed by atoms with Crippen molar-refractivity contribution in [2.75, 3.05) is 38.0 Å². The molecule has 0 atom stereocenters. The summed E-state index contributed by atoms with van der Waals surface area (Å²) in [6.07, 6.45) is 1.05. The molecule has 1 heterocycles. The van der Waals surface area contributed by atoms with Crippen LogP contribution < -0.4 is 5.32 Å². The van der Waals surface area contributed by atoms with Crippen LogP contribution in [0.5, 0.6) is 0 Å². The lowest BCUT2D eigenvalue weighted by Gasteiger charge is -2.34. The summed E-state index contributed by atoms with van der Waals surface area (Å²) >= 11 is 6.30. The van der Waals surface area contributed by atoms with Crippen LogP contribution in [0.2, 0.25) is 5.02 Å². The predicted molar refractivity (Wildman–Crippen MR) is 108 cm³/mol. The van der Waals surface area contributed by atoms with Crippen molar-refractivity contribution in [1.29, 1.82) is 0 Å². The van der Waals surface area contributed by atoms with E-state index in [0.29, 0.717) is 10.7 Å². The average Bonchev–Trinajstić information content (AvgIpc) is 2.64. The highest BCUT2D eigenvalue weighted by Crippen LogP contribution is 2.27. The number of hydrogen-bond donors (Lipinski definition) is 1. The summed E-state index contributed by atoms with van der Waals surface area (Å²) in [6, 6.07) is 14.4. The first kappa shape index (κ1) is 18.7. The van der Waals surface area contributed by atoms with Crippen LogP contribution in [0.15, 0.2) is 42.5 Å². The predicted octanol–water partition coefficient (Wildman–Crippen LogP) is 4.35. The van der Waals surface area contributed by atoms with Gasteiger partial charge in [-0.25, -0.2) is 4.79 Å². The maximum Gasteiger partial charge on any atom is 0.321 e. The van der Waals surface area contributed by atoms with E-state index in [1.165, 1.54) is 5.56 Å². The molecule has 5 heteroatoms. The number of halogens is 1. The number of piperazine rings is 1. The Morgan fingerprint density at radius 2 is 1.77 bits per heavy atom. The molecule has 4 nitrogen and oxygen atoms in total. The molecule has 2 amide bonds. The number of nitrogens with zero attached hydrogens (tertiary/aromatic N) is 2. The molecule has 26 heavy (non-hydrogen) atoms. The largest absolute Gasteiger partial charge is 0.322 e. The smallest absolute Gasteiger partial charge is 0.321 e. The molecule has 1 N–H and O–H groups in total. The van der Waals surface area contributed by atoms with Gasteiger partial charge in [0.05, 0.1) is 10.7 Å². The van der Waals surface area contributed by atoms with E-state index in [-0.39, 0.29) is 6.03 Å². The van der Waals surface area contributed by atoms with Crippen molar-refractivity contribution in [1.82, 2.24) is 9.80 Å². The lowest BCUT2D eigenvalue weighted by Crippen LogP contribution is -2.50. The Bertz CT molecular complexity index is 732. The van der Waals surface area contributed by atoms with Gasteiger partial charge in [0.2, 0.25) is 0 Å². The molecule has 0 spiro atoms. The number of amides is 2. The Kier molecular flexibility index (Phi) is 6.17. The number of nitrogens with one attached hydrogen (secondary N) is 1. The van der Waals surface area contributed by atoms with Crippen molar-refractivity contribution in [2.45, 2.75) is 20.3 Å². The van der Waals surface area contributed by atoms with Crippen molar-refractivity contribution in [3.05, 3.63) is 64.2 Å². The SMILES string of the molecule is Cc1cc(C)c(NC(=O)N2CCN(CCc3ccccc3)CC2)c(Cl)c1. The third-order valence-electron chi connectivity index (χ3n) is 4.88. The molecule has 0 unspecified atom stereocenters. The first-order valence-corrected chi connectivity index (χ1v) is 9.49. The van der Waals surface area contributed by atoms with Crippen LogP contribution in [-0.2, 0) is 6.42 Å². The number of aryl methyl sites for hydroxylation is 2. The topological polar surface area (TPSA) is 35.6 Å². The minimum absolute atomic E-state index is 0.0680. The summed E-state index contributed by atoms with van der Waals surface area (Å²) in [5, 5.41) is 3.58. The number of anilines is 1. The molecule has 2 aromatic carbocycles. The molecule has 3 rings (SSSR count). The molecule has 2 aromatic rings. The Labute approximate surface area is 160 Å². The normalized spacial score (nSPS) is 15.1. The van der Waals surface area contributed by atoms with Crippen LogP contribution in [0.25, 0.3) is 0 Å². The highest BCUT2D eigenvalue weighted by Gasteiger charge is 2.22. The quantitative estimate of drug-likeness (QED) is 0.867. The summed E-state index contributed by atoms with van der Waals surface area (Å²) in [5.41, 5.74) is 4.16. The fraction of sp³-hybridized carbons (Fsp3) is 0.381. The van der Waals surface area contributed by atoms with Gasteiger partial charge in [-0.15, -0.1) is 0 Å². The Morgan fingerprint density at radius 1 is 1.08 bits per heavy atom. The van der Waals surface area contributed by atoms with Gasteiger partial charge in [0.25, 0.3) is 0 Å². The third kappa shape index (κ3) is 4.77. The van der Waals surface area contributed by atoms with Crippen LogP contribution in [-0.4, -0.2) is 48.6 Å². The number of benzene rings is 2. The van der Waals surface area contributed by atoms with Crippen molar-refractivity contribution in [3.63, 3.8) is 0 Å². The van der Waals surface area contributed by atoms with Gasteiger partial charge in [0.1, 0.15) is 0 Å². The molecule has 1 saturated heterocycles. The minimum Gasteiger partial charge on any atom is -0.322 e. The number of hydrogen-bond acceptors (Lipinski definition) is 2. The number of urea groups is 1. The molecule has 1 aliphatic heterocycles. The lowest BCUT2D eigenvalue weighted by atomic mass is 10.1. The summed E-state index contributed by atoms with van der Waals surface area (Å²) < 4.78 is 0. The second-order valence-corrected chi connectivity index (χ2v) is 7.34. The van der Waals surface area contributed by atoms with Crippen LogP contribution in [0.4, 0.5) is 10.5 Å². The first-order chi connectivity index (χ1) is 12.5. The standard InChI is InChI=1S/C21H26ClN3O/c1-16-14-17(2)20(19(22)15-16)23-21(26)25-12-10-24(11-13-25)9-8-18-6-4-3-5-7-18/h3-7,14-15H,8-13H2,1-2H3,(H,23,26). The first-order valence-electron chi connectivity index (χ1n) is 9.12. The van der Waals surface area contributed by atoms with Crippen LogP contribution in [0, 0.1) is 13.8 Å². The number of carbonyl (C=O) groups excluding carboxylic acids is 1. The Morgan fingerprint density at radius 3 is 2.42 bits per heavy atom. The van der Waals surface area contributed by atoms with E-state index in [9.17, 15) is 4.79 Å². The highest BCUT2D eigenvalue weighted by atomic mass is 35.5. The van der Waals surface area contributed by atoms with Gasteiger partial charge >= 0.3 is 6.03 Å². The van der Waals surface area contributed by atoms with Gasteiger partial charge in [-0.05, 0) is 43.0 Å². The number of rotatable bonds is 4. The average molecular weight is 372 g/mol. The van der Waals surface area contributed by atoms with Crippen molar-refractivity contribution >= 4 is 23.3 Å². The summed E-state index contributed by atoms with van der Waals surface area (Å²) in [7, 11) is 0. The van der Waals surface area contributed by atoms with Crippen LogP contribution in [0.1, 0.15) is 16.7 Å². The van der Waals surface area contributed by atoms with E-state index in [1.54, 1.807) is 0 Å². The second kappa shape index (κ2) is 8.56. The van der Waals surface area contributed by atoms with Crippen LogP contribution >= 0.6 is 11.6 Å². The van der Waals surface area contributed by atoms with Gasteiger partial charge in [0.15, 0.2) is 0 Å². The fourth-order valence-corrected chi connectivity index (χ4v) is 3.73. The minimum atomic E-state index is -0.0680. The Hall–Kier alpha value is -2.04. The van der Waals surface area contributed by atoms with E-state index in [2.05, 4.69) is 34.5 Å². The zero-order chi connectivity index (χ0) is 18.5. The zero-order valence-electron chi connectivity index (χ0n) is 15.5. The lowest BCUT2D eigenvalue weighted by molar-refractivity contribution is 0.148. The van der Waals surface area contributed by atoms with Gasteiger partial charge in [-0.3, -0.25) is 4.90 Å². The molecule has 0 aromatic heterocycles. The third-order valence-corrected chi connectivity index (χ3v) is 5.18. The highest BCUT2D eigenvalue weighted by molar-refractivity contribution is 6.34. The fourth-order valence-electron chi connectivity index (χ4n) is 3.37. The van der Waals surface area contributed by atoms with Gasteiger partial charge in [-0.2, -0.15) is 0 Å². The van der Waals surface area contributed by atoms with E-state index < -0.39 is 0 Å². The van der Waals surface area contributed by atoms with Crippen molar-refractivity contribution in [3.8, 4) is 0 Å². The number of carbonyl (C=O) groups is 1. The summed E-state index contributed by atoms with van der Waals surface area (Å²) in [6.45, 7) is 8.28. The van der Waals surface area contributed by atoms with Gasteiger partial charge in [-0.1, -0.05) is 48.0 Å². The monoisotopic (exact) mass is 371 g/mol. The molecular weight excluding hydrogens is 346 g/mol. The molecule has 1 aliphatic rings. The van der Waals surface area contributed by atoms with E-state index in [1.807, 2.05) is 36.9 Å². The Balaban J connectivity index is 1.49. The van der Waals surface area contributed by atoms with Crippen molar-refractivity contribution in [2.24, 2.45) is 0 Å². The van der Waals surface area contributed by atoms with Crippen molar-refractivity contribution < 1.29 is 4.79 Å². The van der Waals surface area contributed by atoms with E-state index >= 15 is 0 Å². The second-order valence-electron chi connectivity index (χ2n) is 6.93. The zero-order valence-corrected chi connectivity index (χ0v) is 16.2. The molecule has 0 bridgehead atoms. The van der Waals surface area contributed by atoms with Gasteiger partial charge < -0.3 is 10.2 Å². The van der Waals surface area contributed by atoms with Gasteiger partial charge in [0, 0.05) is 32.7 Å². The maximum atomic E-state index is 12.6. The molecule has 138 valence electrons. The van der Waals surface area contributed by atoms with E-state index in [4.69, 9.17) is 11.6 Å². The molecular formula is C21H26ClN3O. The summed E-state index contributed by atoms with van der Waals surface area (Å²) in [5.74, 6) is 0. The molecule has 1 fully saturated rings. The maximum absolute atomic E-state index is 12.6. The molecule has 0 saturated carbocycles. The van der Waals surface area contributed by atoms with E-state index in [0.717, 1.165) is 50.3 Å². The summed E-state index contributed by atoms with van der Waals surface area (Å²) in [4.78, 5) is 16.9. The molecule has 0 aliphatic carbocycles. The van der Waals surface area contributed by atoms with Crippen LogP contribution in [0.3, 0.4) is 0 Å².